The molecule has 10 nitrogen and oxygen atoms in total. The number of carbonyl (C=O) groups excluding carboxylic acids is 4. The van der Waals surface area contributed by atoms with E-state index in [1.807, 2.05) is 88.4 Å². The number of fused-ring (bicyclic) bond motifs is 2. The van der Waals surface area contributed by atoms with Crippen molar-refractivity contribution in [2.75, 3.05) is 24.7 Å². The lowest BCUT2D eigenvalue weighted by molar-refractivity contribution is -0.147. The molecule has 2 aromatic rings. The molecule has 2 N–H and O–H groups in total. The first-order chi connectivity index (χ1) is 23.5. The third-order valence-corrected chi connectivity index (χ3v) is 11.3. The van der Waals surface area contributed by atoms with Crippen LogP contribution in [-0.4, -0.2) is 77.2 Å². The Morgan fingerprint density at radius 3 is 2.41 bits per heavy atom. The van der Waals surface area contributed by atoms with Crippen LogP contribution in [0, 0.1) is 31.6 Å². The number of anilines is 1. The maximum absolute atomic E-state index is 15.3. The lowest BCUT2D eigenvalue weighted by Gasteiger charge is -2.40. The van der Waals surface area contributed by atoms with E-state index in [2.05, 4.69) is 21.2 Å². The molecule has 260 valence electrons. The number of hydrogen-bond acceptors (Lipinski definition) is 7. The van der Waals surface area contributed by atoms with Crippen LogP contribution in [0.25, 0.3) is 0 Å². The third-order valence-electron chi connectivity index (χ3n) is 10.6. The highest BCUT2D eigenvalue weighted by molar-refractivity contribution is 9.11. The van der Waals surface area contributed by atoms with E-state index in [9.17, 15) is 19.5 Å². The monoisotopic (exact) mass is 733 g/mol. The fourth-order valence-corrected chi connectivity index (χ4v) is 8.73. The zero-order valence-electron chi connectivity index (χ0n) is 28.3. The number of aliphatic hydroxyl groups excluding tert-OH is 1. The average molecular weight is 735 g/mol. The number of benzene rings is 2. The predicted molar refractivity (Wildman–Crippen MR) is 187 cm³/mol. The first-order valence-electron chi connectivity index (χ1n) is 17.1. The maximum atomic E-state index is 15.3. The Kier molecular flexibility index (Phi) is 10.2. The van der Waals surface area contributed by atoms with Gasteiger partial charge in [0, 0.05) is 23.1 Å². The van der Waals surface area contributed by atoms with Crippen LogP contribution in [0.1, 0.15) is 55.8 Å². The van der Waals surface area contributed by atoms with E-state index in [0.717, 1.165) is 16.7 Å². The molecular formula is C38H44BrN3O7. The van der Waals surface area contributed by atoms with Gasteiger partial charge in [-0.25, -0.2) is 0 Å². The van der Waals surface area contributed by atoms with E-state index in [0.29, 0.717) is 23.0 Å². The van der Waals surface area contributed by atoms with Gasteiger partial charge in [-0.05, 0) is 49.0 Å². The Morgan fingerprint density at radius 2 is 1.73 bits per heavy atom. The van der Waals surface area contributed by atoms with Crippen molar-refractivity contribution in [1.29, 1.82) is 0 Å². The van der Waals surface area contributed by atoms with Crippen molar-refractivity contribution in [3.63, 3.8) is 0 Å². The summed E-state index contributed by atoms with van der Waals surface area (Å²) in [4.78, 5) is 60.6. The highest BCUT2D eigenvalue weighted by atomic mass is 79.9. The van der Waals surface area contributed by atoms with Crippen LogP contribution in [0.5, 0.6) is 0 Å². The van der Waals surface area contributed by atoms with E-state index < -0.39 is 59.5 Å². The van der Waals surface area contributed by atoms with E-state index in [1.165, 1.54) is 4.90 Å². The van der Waals surface area contributed by atoms with Crippen molar-refractivity contribution < 1.29 is 33.8 Å². The normalized spacial score (nSPS) is 30.8. The number of carbonyl (C=O) groups is 4. The minimum Gasteiger partial charge on any atom is -0.463 e. The summed E-state index contributed by atoms with van der Waals surface area (Å²) < 4.78 is 13.0. The number of cyclic esters (lactones) is 1. The number of nitrogens with one attached hydrogen (secondary N) is 1. The molecule has 4 heterocycles. The Morgan fingerprint density at radius 1 is 1.02 bits per heavy atom. The topological polar surface area (TPSA) is 125 Å². The molecule has 1 spiro atoms. The first kappa shape index (κ1) is 35.0. The number of halogens is 1. The molecule has 8 atom stereocenters. The Bertz CT molecular complexity index is 1660. The molecule has 3 amide bonds. The minimum absolute atomic E-state index is 0.0918. The van der Waals surface area contributed by atoms with Crippen LogP contribution < -0.4 is 10.2 Å². The van der Waals surface area contributed by atoms with Crippen LogP contribution >= 0.6 is 15.9 Å². The largest absolute Gasteiger partial charge is 0.463 e. The summed E-state index contributed by atoms with van der Waals surface area (Å²) in [6, 6.07) is 12.5. The number of ether oxygens (including phenoxy) is 2. The summed E-state index contributed by atoms with van der Waals surface area (Å²) in [7, 11) is 0. The van der Waals surface area contributed by atoms with Gasteiger partial charge in [-0.3, -0.25) is 19.2 Å². The van der Waals surface area contributed by atoms with Gasteiger partial charge in [-0.1, -0.05) is 96.9 Å². The van der Waals surface area contributed by atoms with Gasteiger partial charge in [0.2, 0.25) is 11.8 Å². The Balaban J connectivity index is 1.52. The summed E-state index contributed by atoms with van der Waals surface area (Å²) in [6.07, 6.45) is 5.85. The number of rotatable bonds is 6. The highest BCUT2D eigenvalue weighted by Gasteiger charge is 2.75. The van der Waals surface area contributed by atoms with Crippen LogP contribution in [-0.2, 0) is 28.7 Å². The zero-order chi connectivity index (χ0) is 35.0. The van der Waals surface area contributed by atoms with Crippen molar-refractivity contribution in [3.05, 3.63) is 87.9 Å². The summed E-state index contributed by atoms with van der Waals surface area (Å²) >= 11 is 3.64. The van der Waals surface area contributed by atoms with Crippen LogP contribution in [0.15, 0.2) is 71.2 Å². The quantitative estimate of drug-likeness (QED) is 0.327. The molecule has 6 rings (SSSR count). The van der Waals surface area contributed by atoms with E-state index in [1.54, 1.807) is 11.0 Å². The van der Waals surface area contributed by atoms with Crippen molar-refractivity contribution in [3.8, 4) is 0 Å². The van der Waals surface area contributed by atoms with E-state index >= 15 is 4.79 Å². The minimum atomic E-state index is -1.47. The van der Waals surface area contributed by atoms with Gasteiger partial charge in [0.05, 0.1) is 30.5 Å². The number of para-hydroxylation sites is 1. The fraction of sp³-hybridized carbons (Fsp3) is 0.474. The molecule has 0 radical (unpaired) electrons. The molecular weight excluding hydrogens is 690 g/mol. The van der Waals surface area contributed by atoms with Gasteiger partial charge in [-0.2, -0.15) is 0 Å². The maximum Gasteiger partial charge on any atom is 0.306 e. The van der Waals surface area contributed by atoms with E-state index in [-0.39, 0.29) is 38.0 Å². The molecule has 0 unspecified atom stereocenters. The van der Waals surface area contributed by atoms with Gasteiger partial charge < -0.3 is 29.7 Å². The molecule has 0 aromatic heterocycles. The number of allylic oxidation sites excluding steroid dienone is 1. The molecule has 49 heavy (non-hydrogen) atoms. The molecule has 4 aliphatic heterocycles. The second-order valence-corrected chi connectivity index (χ2v) is 14.5. The Labute approximate surface area is 295 Å². The number of aryl methyl sites for hydroxylation is 2. The van der Waals surface area contributed by atoms with Crippen molar-refractivity contribution in [2.45, 2.75) is 76.8 Å². The molecule has 2 fully saturated rings. The molecule has 0 aliphatic carbocycles. The van der Waals surface area contributed by atoms with Crippen LogP contribution in [0.2, 0.25) is 0 Å². The molecule has 4 aliphatic rings. The lowest BCUT2D eigenvalue weighted by Crippen LogP contribution is -2.60. The van der Waals surface area contributed by atoms with Gasteiger partial charge >= 0.3 is 5.97 Å². The standard InChI is InChI=1S/C38H44BrN3O7/c1-5-22(2)28(20-43)42-34-37(47)41(32-23(3)13-12-14-24(32)4)18-11-7-10-17-29(44)48-21-27(25-15-8-6-9-16-25)40-35(45)30-31(36(42)46)38(34)19-26(39)33(30)49-38/h6-9,11-16,19,22,27-28,30-31,33-34,43H,5,10,17-18,20-21H2,1-4H3,(H,40,45)/b11-7-/t22-,27-,28-,30-,31+,33-,34-,38+/m0/s1. The van der Waals surface area contributed by atoms with E-state index in [4.69, 9.17) is 9.47 Å². The van der Waals surface area contributed by atoms with Gasteiger partial charge in [0.15, 0.2) is 0 Å². The summed E-state index contributed by atoms with van der Waals surface area (Å²) in [5.74, 6) is -3.81. The summed E-state index contributed by atoms with van der Waals surface area (Å²) in [5, 5.41) is 13.9. The number of esters is 1. The number of nitrogens with zero attached hydrogens (tertiary/aromatic N) is 2. The average Bonchev–Trinajstić information content (AvgIpc) is 3.68. The second kappa shape index (κ2) is 14.2. The number of aliphatic hydroxyl groups is 1. The molecule has 0 saturated carbocycles. The summed E-state index contributed by atoms with van der Waals surface area (Å²) in [6.45, 7) is 7.52. The number of amides is 3. The Hall–Kier alpha value is -3.80. The van der Waals surface area contributed by atoms with Crippen LogP contribution in [0.3, 0.4) is 0 Å². The highest BCUT2D eigenvalue weighted by Crippen LogP contribution is 2.59. The second-order valence-electron chi connectivity index (χ2n) is 13.6. The van der Waals surface area contributed by atoms with Crippen molar-refractivity contribution in [1.82, 2.24) is 10.2 Å². The first-order valence-corrected chi connectivity index (χ1v) is 17.9. The SMILES string of the molecule is CC[C@H](C)[C@H](CO)N1C(=O)[C@H]2[C@@H]3C(=O)N[C@H](c4ccccc4)COC(=O)CC/C=C\CN(c4c(C)cccc4C)C(=O)[C@H]1[C@@]21C=C(Br)[C@@H]3O1. The fourth-order valence-electron chi connectivity index (χ4n) is 8.00. The number of likely N-dealkylation sites (tertiary alicyclic amines) is 1. The molecule has 11 heteroatoms. The number of hydrogen-bond donors (Lipinski definition) is 2. The smallest absolute Gasteiger partial charge is 0.306 e. The zero-order valence-corrected chi connectivity index (χ0v) is 29.9. The molecule has 2 saturated heterocycles. The molecule has 2 aromatic carbocycles. The predicted octanol–water partition coefficient (Wildman–Crippen LogP) is 4.67. The lowest BCUT2D eigenvalue weighted by atomic mass is 9.74. The third kappa shape index (κ3) is 6.14. The molecule has 5 bridgehead atoms. The van der Waals surface area contributed by atoms with Gasteiger partial charge in [-0.15, -0.1) is 0 Å². The van der Waals surface area contributed by atoms with Crippen molar-refractivity contribution >= 4 is 45.3 Å². The van der Waals surface area contributed by atoms with Gasteiger partial charge in [0.1, 0.15) is 24.4 Å². The van der Waals surface area contributed by atoms with Crippen LogP contribution in [0.4, 0.5) is 5.69 Å². The van der Waals surface area contributed by atoms with Crippen molar-refractivity contribution in [2.24, 2.45) is 17.8 Å². The van der Waals surface area contributed by atoms with Gasteiger partial charge in [0.25, 0.3) is 5.91 Å². The summed E-state index contributed by atoms with van der Waals surface area (Å²) in [5.41, 5.74) is 1.73.